The van der Waals surface area contributed by atoms with E-state index in [0.29, 0.717) is 75.6 Å². The van der Waals surface area contributed by atoms with Gasteiger partial charge >= 0.3 is 0 Å². The van der Waals surface area contributed by atoms with E-state index in [1.54, 1.807) is 6.07 Å². The van der Waals surface area contributed by atoms with E-state index in [-0.39, 0.29) is 29.3 Å². The number of hydrogen-bond donors (Lipinski definition) is 2. The molecule has 3 aliphatic heterocycles. The number of amides is 1. The highest BCUT2D eigenvalue weighted by atomic mass is 35.5. The molecule has 0 saturated carbocycles. The minimum Gasteiger partial charge on any atom is -0.476 e. The number of allylic oxidation sites excluding steroid dienone is 1. The first kappa shape index (κ1) is 52.3. The Morgan fingerprint density at radius 3 is 2.51 bits per heavy atom. The molecule has 1 atom stereocenters. The van der Waals surface area contributed by atoms with Crippen LogP contribution in [-0.4, -0.2) is 127 Å². The fourth-order valence-electron chi connectivity index (χ4n) is 10.0. The summed E-state index contributed by atoms with van der Waals surface area (Å²) in [4.78, 5) is 37.6. The van der Waals surface area contributed by atoms with E-state index >= 15 is 0 Å². The van der Waals surface area contributed by atoms with Crippen LogP contribution in [0.2, 0.25) is 30.7 Å². The van der Waals surface area contributed by atoms with Gasteiger partial charge in [-0.2, -0.15) is 4.98 Å². The number of fused-ring (bicyclic) bond motifs is 2. The summed E-state index contributed by atoms with van der Waals surface area (Å²) in [5, 5.41) is 16.8. The molecule has 1 amide bonds. The molecule has 2 aromatic heterocycles. The van der Waals surface area contributed by atoms with Crippen molar-refractivity contribution in [2.24, 2.45) is 5.41 Å². The minimum atomic E-state index is -4.63. The van der Waals surface area contributed by atoms with Crippen LogP contribution in [0.1, 0.15) is 55.5 Å². The standard InChI is InChI=1S/C53H67ClN8O9SSi/c1-53(2)17-15-44(37-7-9-40(54)10-8-37)39(32-53)34-58-20-22-59(23-21-58)41-11-13-45(51(63)57-72(66,67)43-12-14-46(48(31-43)62(64)65)55-33-42-35-68-25-26-70-42)47(30-41)61-18-6-24-71-52-49(61)29-38-16-19-60(50(38)56-52)36-69-27-28-73(3,4)5/h7-14,16,19,29-31,42,55H,6,15,17-18,20-28,32-36H2,1-5H3,(H,57,63)/t42-/m0/s1. The summed E-state index contributed by atoms with van der Waals surface area (Å²) in [5.41, 5.74) is 6.73. The van der Waals surface area contributed by atoms with Gasteiger partial charge < -0.3 is 38.6 Å². The number of nitrogens with zero attached hydrogens (tertiary/aromatic N) is 6. The van der Waals surface area contributed by atoms with Crippen molar-refractivity contribution in [3.05, 3.63) is 111 Å². The zero-order valence-corrected chi connectivity index (χ0v) is 45.0. The third-order valence-corrected chi connectivity index (χ3v) is 17.4. The molecular formula is C53H67ClN8O9SSi. The maximum absolute atomic E-state index is 14.6. The predicted molar refractivity (Wildman–Crippen MR) is 289 cm³/mol. The number of nitro benzene ring substituents is 1. The van der Waals surface area contributed by atoms with E-state index in [9.17, 15) is 23.3 Å². The summed E-state index contributed by atoms with van der Waals surface area (Å²) in [5.74, 6) is -0.514. The second-order valence-electron chi connectivity index (χ2n) is 21.4. The Labute approximate surface area is 434 Å². The van der Waals surface area contributed by atoms with Crippen molar-refractivity contribution in [2.45, 2.75) is 82.9 Å². The van der Waals surface area contributed by atoms with Gasteiger partial charge in [-0.15, -0.1) is 0 Å². The molecule has 0 bridgehead atoms. The number of halogens is 1. The van der Waals surface area contributed by atoms with Gasteiger partial charge in [0, 0.05) is 88.9 Å². The number of anilines is 4. The Bertz CT molecular complexity index is 2970. The van der Waals surface area contributed by atoms with Crippen LogP contribution in [0, 0.1) is 15.5 Å². The number of hydrogen-bond acceptors (Lipinski definition) is 14. The van der Waals surface area contributed by atoms with Crippen LogP contribution in [-0.2, 0) is 31.0 Å². The molecule has 9 rings (SSSR count). The molecule has 1 aliphatic carbocycles. The first-order valence-corrected chi connectivity index (χ1v) is 30.8. The van der Waals surface area contributed by atoms with E-state index in [1.807, 2.05) is 52.1 Å². The Balaban J connectivity index is 1.00. The van der Waals surface area contributed by atoms with Crippen molar-refractivity contribution in [3.63, 3.8) is 0 Å². The van der Waals surface area contributed by atoms with Crippen LogP contribution >= 0.6 is 11.6 Å². The first-order chi connectivity index (χ1) is 34.9. The third-order valence-electron chi connectivity index (χ3n) is 14.1. The normalized spacial score (nSPS) is 18.8. The monoisotopic (exact) mass is 1050 g/mol. The van der Waals surface area contributed by atoms with E-state index in [2.05, 4.69) is 65.5 Å². The summed E-state index contributed by atoms with van der Waals surface area (Å²) in [6.45, 7) is 18.8. The number of piperazine rings is 1. The first-order valence-electron chi connectivity index (χ1n) is 25.2. The number of rotatable bonds is 17. The molecule has 2 N–H and O–H groups in total. The fourth-order valence-corrected chi connectivity index (χ4v) is 11.9. The number of nitro groups is 1. The number of sulfonamides is 1. The van der Waals surface area contributed by atoms with Crippen LogP contribution in [0.15, 0.2) is 89.5 Å². The van der Waals surface area contributed by atoms with Crippen LogP contribution in [0.25, 0.3) is 16.6 Å². The third kappa shape index (κ3) is 12.7. The van der Waals surface area contributed by atoms with Crippen LogP contribution in [0.5, 0.6) is 5.88 Å². The number of ether oxygens (including phenoxy) is 4. The van der Waals surface area contributed by atoms with Crippen molar-refractivity contribution in [1.82, 2.24) is 19.2 Å². The van der Waals surface area contributed by atoms with Crippen LogP contribution < -0.4 is 24.6 Å². The minimum absolute atomic E-state index is 0.0938. The molecule has 20 heteroatoms. The summed E-state index contributed by atoms with van der Waals surface area (Å²) < 4.78 is 55.9. The second kappa shape index (κ2) is 22.1. The molecule has 2 saturated heterocycles. The molecule has 0 radical (unpaired) electrons. The molecule has 17 nitrogen and oxygen atoms in total. The second-order valence-corrected chi connectivity index (χ2v) is 29.2. The average molecular weight is 1060 g/mol. The Hall–Kier alpha value is -5.54. The lowest BCUT2D eigenvalue weighted by atomic mass is 9.73. The molecule has 4 aliphatic rings. The van der Waals surface area contributed by atoms with E-state index in [4.69, 9.17) is 35.5 Å². The Morgan fingerprint density at radius 1 is 0.973 bits per heavy atom. The molecule has 2 fully saturated rings. The summed E-state index contributed by atoms with van der Waals surface area (Å²) >= 11 is 6.29. The molecular weight excluding hydrogens is 988 g/mol. The summed E-state index contributed by atoms with van der Waals surface area (Å²) in [6.07, 6.45) is 5.37. The predicted octanol–water partition coefficient (Wildman–Crippen LogP) is 9.56. The van der Waals surface area contributed by atoms with Crippen LogP contribution in [0.4, 0.5) is 28.4 Å². The Kier molecular flexibility index (Phi) is 15.9. The summed E-state index contributed by atoms with van der Waals surface area (Å²) in [7, 11) is -5.91. The van der Waals surface area contributed by atoms with Gasteiger partial charge in [0.15, 0.2) is 0 Å². The number of pyridine rings is 1. The fraction of sp³-hybridized carbons (Fsp3) is 0.472. The van der Waals surface area contributed by atoms with Gasteiger partial charge in [-0.25, -0.2) is 13.1 Å². The topological polar surface area (TPSA) is 183 Å². The van der Waals surface area contributed by atoms with Gasteiger partial charge in [-0.1, -0.05) is 62.8 Å². The maximum atomic E-state index is 14.6. The highest BCUT2D eigenvalue weighted by molar-refractivity contribution is 7.90. The smallest absolute Gasteiger partial charge is 0.293 e. The van der Waals surface area contributed by atoms with Gasteiger partial charge in [0.25, 0.3) is 21.6 Å². The number of nitrogens with one attached hydrogen (secondary N) is 2. The van der Waals surface area contributed by atoms with E-state index in [0.717, 1.165) is 80.2 Å². The van der Waals surface area contributed by atoms with Gasteiger partial charge in [-0.05, 0) is 103 Å². The molecule has 390 valence electrons. The molecule has 5 aromatic rings. The number of carbonyl (C=O) groups excluding carboxylic acids is 1. The number of aromatic nitrogens is 2. The van der Waals surface area contributed by atoms with Crippen LogP contribution in [0.3, 0.4) is 0 Å². The summed E-state index contributed by atoms with van der Waals surface area (Å²) in [6, 6.07) is 22.2. The van der Waals surface area contributed by atoms with E-state index < -0.39 is 39.5 Å². The van der Waals surface area contributed by atoms with Gasteiger partial charge in [0.2, 0.25) is 5.88 Å². The quantitative estimate of drug-likeness (QED) is 0.0389. The van der Waals surface area contributed by atoms with Gasteiger partial charge in [0.1, 0.15) is 23.8 Å². The lowest BCUT2D eigenvalue weighted by Gasteiger charge is -2.40. The van der Waals surface area contributed by atoms with Gasteiger partial charge in [0.05, 0.1) is 53.6 Å². The largest absolute Gasteiger partial charge is 0.476 e. The highest BCUT2D eigenvalue weighted by Gasteiger charge is 2.32. The molecule has 73 heavy (non-hydrogen) atoms. The van der Waals surface area contributed by atoms with Crippen molar-refractivity contribution in [3.8, 4) is 5.88 Å². The van der Waals surface area contributed by atoms with Gasteiger partial charge in [-0.3, -0.25) is 19.8 Å². The maximum Gasteiger partial charge on any atom is 0.293 e. The molecule has 0 unspecified atom stereocenters. The molecule has 3 aromatic carbocycles. The van der Waals surface area contributed by atoms with Crippen molar-refractivity contribution in [1.29, 1.82) is 0 Å². The average Bonchev–Trinajstić information content (AvgIpc) is 3.63. The van der Waals surface area contributed by atoms with E-state index in [1.165, 1.54) is 28.8 Å². The zero-order valence-electron chi connectivity index (χ0n) is 42.5. The molecule has 0 spiro atoms. The zero-order chi connectivity index (χ0) is 51.5. The Morgan fingerprint density at radius 2 is 1.77 bits per heavy atom. The van der Waals surface area contributed by atoms with Crippen molar-refractivity contribution in [2.75, 3.05) is 94.0 Å². The van der Waals surface area contributed by atoms with Crippen molar-refractivity contribution < 1.29 is 37.1 Å². The number of carbonyl (C=O) groups is 1. The SMILES string of the molecule is CC1(C)CCC(c2ccc(Cl)cc2)=C(CN2CCN(c3ccc(C(=O)NS(=O)(=O)c4ccc(NC[C@H]5COCCO5)c([N+](=O)[O-])c4)c(N4CCCOc5nc6c(ccn6COCC[Si](C)(C)C)cc54)c3)CC2)C1. The van der Waals surface area contributed by atoms with Crippen molar-refractivity contribution >= 4 is 80.6 Å². The lowest BCUT2D eigenvalue weighted by molar-refractivity contribution is -0.384. The molecule has 5 heterocycles. The lowest BCUT2D eigenvalue weighted by Crippen LogP contribution is -2.47. The number of benzene rings is 3. The highest BCUT2D eigenvalue weighted by Crippen LogP contribution is 2.44.